The van der Waals surface area contributed by atoms with Crippen LogP contribution in [-0.4, -0.2) is 10.4 Å². The van der Waals surface area contributed by atoms with E-state index in [1.807, 2.05) is 12.1 Å². The first-order valence-corrected chi connectivity index (χ1v) is 17.3. The Kier molecular flexibility index (Phi) is 6.78. The zero-order valence-electron chi connectivity index (χ0n) is 27.4. The molecule has 2 aromatic heterocycles. The number of fused-ring (bicyclic) bond motifs is 6. The molecule has 50 heavy (non-hydrogen) atoms. The first kappa shape index (κ1) is 28.8. The van der Waals surface area contributed by atoms with E-state index in [1.165, 1.54) is 39.0 Å². The molecule has 0 radical (unpaired) electrons. The van der Waals surface area contributed by atoms with Gasteiger partial charge in [-0.05, 0) is 48.2 Å². The molecule has 5 heteroatoms. The predicted molar refractivity (Wildman–Crippen MR) is 205 cm³/mol. The van der Waals surface area contributed by atoms with E-state index in [9.17, 15) is 0 Å². The van der Waals surface area contributed by atoms with Crippen LogP contribution in [-0.2, 0) is 6.42 Å². The molecule has 2 atom stereocenters. The molecule has 240 valence electrons. The highest BCUT2D eigenvalue weighted by Crippen LogP contribution is 2.40. The molecule has 10 rings (SSSR count). The van der Waals surface area contributed by atoms with E-state index in [0.717, 1.165) is 57.3 Å². The number of aliphatic imine (C=N–C) groups is 1. The fourth-order valence-corrected chi connectivity index (χ4v) is 7.87. The van der Waals surface area contributed by atoms with Crippen molar-refractivity contribution in [2.45, 2.75) is 25.2 Å². The van der Waals surface area contributed by atoms with Crippen molar-refractivity contribution in [1.29, 1.82) is 0 Å². The zero-order chi connectivity index (χ0) is 33.0. The third-order valence-corrected chi connectivity index (χ3v) is 10.2. The molecule has 1 aliphatic carbocycles. The van der Waals surface area contributed by atoms with Crippen molar-refractivity contribution in [3.8, 4) is 16.8 Å². The molecule has 0 saturated heterocycles. The Hall–Kier alpha value is -6.17. The lowest BCUT2D eigenvalue weighted by Crippen LogP contribution is -2.45. The summed E-state index contributed by atoms with van der Waals surface area (Å²) in [6.45, 7) is 0. The number of nitrogens with one attached hydrogen (secondary N) is 2. The second kappa shape index (κ2) is 11.8. The van der Waals surface area contributed by atoms with Gasteiger partial charge < -0.3 is 14.3 Å². The average Bonchev–Trinajstić information content (AvgIpc) is 3.75. The van der Waals surface area contributed by atoms with Crippen molar-refractivity contribution in [3.63, 3.8) is 0 Å². The highest BCUT2D eigenvalue weighted by molar-refractivity contribution is 6.06. The van der Waals surface area contributed by atoms with Gasteiger partial charge in [0.2, 0.25) is 0 Å². The van der Waals surface area contributed by atoms with E-state index in [-0.39, 0.29) is 12.3 Å². The highest BCUT2D eigenvalue weighted by atomic mass is 16.3. The van der Waals surface area contributed by atoms with Crippen LogP contribution in [0.2, 0.25) is 0 Å². The fourth-order valence-electron chi connectivity index (χ4n) is 7.87. The molecule has 2 aliphatic rings. The lowest BCUT2D eigenvalue weighted by atomic mass is 9.99. The van der Waals surface area contributed by atoms with Gasteiger partial charge in [-0.1, -0.05) is 133 Å². The zero-order valence-corrected chi connectivity index (χ0v) is 27.4. The van der Waals surface area contributed by atoms with Crippen LogP contribution in [0.15, 0.2) is 161 Å². The Balaban J connectivity index is 1.18. The fraction of sp³-hybridized carbons (Fsp3) is 0.0889. The van der Waals surface area contributed by atoms with E-state index in [0.29, 0.717) is 0 Å². The van der Waals surface area contributed by atoms with Crippen molar-refractivity contribution in [2.75, 3.05) is 0 Å². The van der Waals surface area contributed by atoms with Crippen LogP contribution in [0, 0.1) is 0 Å². The Morgan fingerprint density at radius 2 is 1.34 bits per heavy atom. The summed E-state index contributed by atoms with van der Waals surface area (Å²) in [5.41, 5.74) is 12.3. The summed E-state index contributed by atoms with van der Waals surface area (Å²) in [6, 6.07) is 51.3. The lowest BCUT2D eigenvalue weighted by Gasteiger charge is -2.33. The molecule has 2 N–H and O–H groups in total. The van der Waals surface area contributed by atoms with Gasteiger partial charge in [0.15, 0.2) is 0 Å². The van der Waals surface area contributed by atoms with Gasteiger partial charge in [-0.25, -0.2) is 4.99 Å². The van der Waals surface area contributed by atoms with Crippen molar-refractivity contribution >= 4 is 44.8 Å². The smallest absolute Gasteiger partial charge is 0.142 e. The van der Waals surface area contributed by atoms with Crippen LogP contribution >= 0.6 is 0 Å². The number of furan rings is 1. The van der Waals surface area contributed by atoms with Crippen molar-refractivity contribution in [1.82, 2.24) is 15.2 Å². The molecule has 0 spiro atoms. The van der Waals surface area contributed by atoms with Gasteiger partial charge in [-0.3, -0.25) is 5.32 Å². The number of hydrogen-bond donors (Lipinski definition) is 2. The number of aromatic nitrogens is 1. The van der Waals surface area contributed by atoms with Gasteiger partial charge in [0.1, 0.15) is 29.3 Å². The largest absolute Gasteiger partial charge is 0.456 e. The number of para-hydroxylation sites is 4. The monoisotopic (exact) mass is 646 g/mol. The van der Waals surface area contributed by atoms with Crippen molar-refractivity contribution in [2.24, 2.45) is 4.99 Å². The Morgan fingerprint density at radius 3 is 2.22 bits per heavy atom. The Labute approximate surface area is 290 Å². The minimum Gasteiger partial charge on any atom is -0.456 e. The SMILES string of the molecule is C1=Cc2c(n(-c3ccccc3)c3c(C4NC(c5cccc(-c6ccccc6)c5)=NC(c5cccc6c5oc5ccccc56)N4)cccc23)CC1. The number of allylic oxidation sites excluding steroid dienone is 1. The van der Waals surface area contributed by atoms with Gasteiger partial charge >= 0.3 is 0 Å². The quantitative estimate of drug-likeness (QED) is 0.196. The first-order chi connectivity index (χ1) is 24.8. The van der Waals surface area contributed by atoms with Gasteiger partial charge in [0.25, 0.3) is 0 Å². The second-order valence-electron chi connectivity index (χ2n) is 13.1. The molecule has 2 unspecified atom stereocenters. The number of hydrogen-bond acceptors (Lipinski definition) is 4. The Bertz CT molecular complexity index is 2610. The van der Waals surface area contributed by atoms with Crippen LogP contribution in [0.5, 0.6) is 0 Å². The number of benzene rings is 6. The summed E-state index contributed by atoms with van der Waals surface area (Å²) in [5, 5.41) is 11.3. The third-order valence-electron chi connectivity index (χ3n) is 10.2. The highest BCUT2D eigenvalue weighted by Gasteiger charge is 2.31. The minimum absolute atomic E-state index is 0.251. The van der Waals surface area contributed by atoms with Gasteiger partial charge in [-0.2, -0.15) is 0 Å². The molecular weight excluding hydrogens is 613 g/mol. The normalized spacial score (nSPS) is 17.2. The number of nitrogens with zero attached hydrogens (tertiary/aromatic N) is 2. The molecular formula is C45H34N4O. The van der Waals surface area contributed by atoms with Gasteiger partial charge in [-0.15, -0.1) is 0 Å². The summed E-state index contributed by atoms with van der Waals surface area (Å²) < 4.78 is 9.03. The predicted octanol–water partition coefficient (Wildman–Crippen LogP) is 10.5. The van der Waals surface area contributed by atoms with Crippen LogP contribution < -0.4 is 10.6 Å². The molecule has 3 heterocycles. The summed E-state index contributed by atoms with van der Waals surface area (Å²) >= 11 is 0. The average molecular weight is 647 g/mol. The van der Waals surface area contributed by atoms with Crippen molar-refractivity contribution < 1.29 is 4.42 Å². The Morgan fingerprint density at radius 1 is 0.640 bits per heavy atom. The van der Waals surface area contributed by atoms with Gasteiger partial charge in [0.05, 0.1) is 5.52 Å². The van der Waals surface area contributed by atoms with E-state index >= 15 is 0 Å². The van der Waals surface area contributed by atoms with E-state index < -0.39 is 0 Å². The molecule has 0 saturated carbocycles. The van der Waals surface area contributed by atoms with Crippen LogP contribution in [0.4, 0.5) is 0 Å². The van der Waals surface area contributed by atoms with Crippen LogP contribution in [0.25, 0.3) is 55.7 Å². The maximum atomic E-state index is 6.56. The minimum atomic E-state index is -0.370. The molecule has 8 aromatic rings. The topological polar surface area (TPSA) is 54.5 Å². The van der Waals surface area contributed by atoms with Crippen LogP contribution in [0.3, 0.4) is 0 Å². The van der Waals surface area contributed by atoms with E-state index in [2.05, 4.69) is 161 Å². The molecule has 5 nitrogen and oxygen atoms in total. The molecule has 0 bridgehead atoms. The maximum absolute atomic E-state index is 6.56. The molecule has 6 aromatic carbocycles. The lowest BCUT2D eigenvalue weighted by molar-refractivity contribution is 0.409. The summed E-state index contributed by atoms with van der Waals surface area (Å²) in [5.74, 6) is 0.837. The van der Waals surface area contributed by atoms with E-state index in [1.54, 1.807) is 0 Å². The number of amidine groups is 1. The van der Waals surface area contributed by atoms with Gasteiger partial charge in [0, 0.05) is 49.8 Å². The van der Waals surface area contributed by atoms with Crippen LogP contribution in [0.1, 0.15) is 46.7 Å². The maximum Gasteiger partial charge on any atom is 0.142 e. The summed E-state index contributed by atoms with van der Waals surface area (Å²) in [7, 11) is 0. The molecule has 1 aliphatic heterocycles. The van der Waals surface area contributed by atoms with E-state index in [4.69, 9.17) is 9.41 Å². The van der Waals surface area contributed by atoms with Crippen molar-refractivity contribution in [3.05, 3.63) is 180 Å². The molecule has 0 amide bonds. The second-order valence-corrected chi connectivity index (χ2v) is 13.1. The summed E-state index contributed by atoms with van der Waals surface area (Å²) in [4.78, 5) is 5.40. The summed E-state index contributed by atoms with van der Waals surface area (Å²) in [6.07, 6.45) is 6.01. The standard InChI is InChI=1S/C45H34N4O/c1-3-14-29(15-4-1)30-16-11-17-31(28-30)43-46-44(48-45(47-43)38-25-13-23-36-34-21-8-10-27-40(34)50-42(36)38)37-24-12-22-35-33-20-7-9-26-39(33)49(41(35)37)32-18-5-2-6-19-32/h1-8,10-25,27-28,44-45,48H,9,26H2,(H,46,47). The molecule has 0 fully saturated rings. The number of rotatable bonds is 5. The third kappa shape index (κ3) is 4.70. The first-order valence-electron chi connectivity index (χ1n) is 17.3.